The van der Waals surface area contributed by atoms with Crippen molar-refractivity contribution in [2.75, 3.05) is 26.4 Å². The van der Waals surface area contributed by atoms with Gasteiger partial charge in [0.15, 0.2) is 0 Å². The van der Waals surface area contributed by atoms with Gasteiger partial charge in [0.2, 0.25) is 0 Å². The van der Waals surface area contributed by atoms with Crippen molar-refractivity contribution in [2.45, 2.75) is 52.4 Å². The lowest BCUT2D eigenvalue weighted by Gasteiger charge is -2.20. The van der Waals surface area contributed by atoms with Crippen molar-refractivity contribution in [2.24, 2.45) is 10.2 Å². The van der Waals surface area contributed by atoms with E-state index in [1.807, 2.05) is 36.4 Å². The summed E-state index contributed by atoms with van der Waals surface area (Å²) in [5, 5.41) is 7.50. The van der Waals surface area contributed by atoms with E-state index in [2.05, 4.69) is 61.6 Å². The van der Waals surface area contributed by atoms with Crippen LogP contribution in [0.3, 0.4) is 0 Å². The van der Waals surface area contributed by atoms with Crippen molar-refractivity contribution in [3.8, 4) is 11.5 Å². The van der Waals surface area contributed by atoms with E-state index in [1.54, 1.807) is 0 Å². The molecule has 0 heterocycles. The molecule has 9 heteroatoms. The summed E-state index contributed by atoms with van der Waals surface area (Å²) in [7, 11) is 0. The molecule has 33 heavy (non-hydrogen) atoms. The van der Waals surface area contributed by atoms with Gasteiger partial charge in [0.1, 0.15) is 24.7 Å². The minimum absolute atomic E-state index is 0.0627. The Morgan fingerprint density at radius 1 is 0.667 bits per heavy atom. The van der Waals surface area contributed by atoms with Gasteiger partial charge in [0.05, 0.1) is 24.6 Å². The van der Waals surface area contributed by atoms with Crippen LogP contribution in [-0.4, -0.2) is 26.4 Å². The van der Waals surface area contributed by atoms with Crippen molar-refractivity contribution >= 4 is 11.4 Å². The highest BCUT2D eigenvalue weighted by Crippen LogP contribution is 2.34. The van der Waals surface area contributed by atoms with Crippen LogP contribution in [-0.2, 0) is 15.6 Å². The minimum atomic E-state index is -0.0627. The van der Waals surface area contributed by atoms with E-state index in [-0.39, 0.29) is 10.8 Å². The van der Waals surface area contributed by atoms with Gasteiger partial charge in [-0.1, -0.05) is 63.9 Å². The number of azide groups is 2. The van der Waals surface area contributed by atoms with E-state index >= 15 is 0 Å². The predicted octanol–water partition coefficient (Wildman–Crippen LogP) is 7.64. The first-order valence-electron chi connectivity index (χ1n) is 10.8. The smallest absolute Gasteiger partial charge is 0.129 e. The molecule has 2 aromatic rings. The standard InChI is InChI=1S/C24H32N6O3/c1-23(2,3)17-7-9-21(19(15-17)27-29-25)32-13-11-31-12-14-33-22-10-8-18(24(4,5)6)16-20(22)28-30-26/h7-10,15-16H,11-14H2,1-6H3. The second kappa shape index (κ2) is 11.5. The maximum absolute atomic E-state index is 8.85. The second-order valence-corrected chi connectivity index (χ2v) is 9.55. The third-order valence-electron chi connectivity index (χ3n) is 4.93. The molecule has 9 nitrogen and oxygen atoms in total. The van der Waals surface area contributed by atoms with Gasteiger partial charge in [-0.25, -0.2) is 0 Å². The zero-order valence-corrected chi connectivity index (χ0v) is 20.2. The van der Waals surface area contributed by atoms with Crippen molar-refractivity contribution < 1.29 is 14.2 Å². The fourth-order valence-corrected chi connectivity index (χ4v) is 2.99. The van der Waals surface area contributed by atoms with Crippen LogP contribution in [0.2, 0.25) is 0 Å². The van der Waals surface area contributed by atoms with Crippen molar-refractivity contribution in [3.63, 3.8) is 0 Å². The summed E-state index contributed by atoms with van der Waals surface area (Å²) >= 11 is 0. The average molecular weight is 453 g/mol. The number of ether oxygens (including phenoxy) is 3. The summed E-state index contributed by atoms with van der Waals surface area (Å²) in [5.41, 5.74) is 20.6. The molecule has 176 valence electrons. The summed E-state index contributed by atoms with van der Waals surface area (Å²) < 4.78 is 17.0. The molecule has 0 saturated carbocycles. The van der Waals surface area contributed by atoms with Crippen LogP contribution < -0.4 is 9.47 Å². The molecule has 0 spiro atoms. The van der Waals surface area contributed by atoms with Crippen LogP contribution in [0.1, 0.15) is 52.7 Å². The van der Waals surface area contributed by atoms with Gasteiger partial charge >= 0.3 is 0 Å². The summed E-state index contributed by atoms with van der Waals surface area (Å²) in [6, 6.07) is 11.2. The molecule has 2 rings (SSSR count). The molecule has 0 N–H and O–H groups in total. The van der Waals surface area contributed by atoms with Crippen molar-refractivity contribution in [3.05, 3.63) is 68.4 Å². The Balaban J connectivity index is 1.84. The molecular formula is C24H32N6O3. The van der Waals surface area contributed by atoms with Crippen LogP contribution in [0.4, 0.5) is 11.4 Å². The Morgan fingerprint density at radius 2 is 1.06 bits per heavy atom. The monoisotopic (exact) mass is 452 g/mol. The molecule has 0 saturated heterocycles. The summed E-state index contributed by atoms with van der Waals surface area (Å²) in [4.78, 5) is 5.79. The van der Waals surface area contributed by atoms with E-state index in [1.165, 1.54) is 0 Å². The van der Waals surface area contributed by atoms with Crippen molar-refractivity contribution in [1.29, 1.82) is 0 Å². The predicted molar refractivity (Wildman–Crippen MR) is 130 cm³/mol. The van der Waals surface area contributed by atoms with E-state index in [4.69, 9.17) is 25.3 Å². The average Bonchev–Trinajstić information content (AvgIpc) is 2.73. The second-order valence-electron chi connectivity index (χ2n) is 9.55. The number of benzene rings is 2. The maximum atomic E-state index is 8.85. The molecule has 0 fully saturated rings. The largest absolute Gasteiger partial charge is 0.491 e. The van der Waals surface area contributed by atoms with Gasteiger partial charge in [-0.2, -0.15) is 0 Å². The van der Waals surface area contributed by atoms with Crippen LogP contribution in [0.15, 0.2) is 46.6 Å². The molecule has 0 unspecified atom stereocenters. The van der Waals surface area contributed by atoms with Gasteiger partial charge in [-0.3, -0.25) is 0 Å². The minimum Gasteiger partial charge on any atom is -0.491 e. The maximum Gasteiger partial charge on any atom is 0.129 e. The van der Waals surface area contributed by atoms with E-state index < -0.39 is 0 Å². The van der Waals surface area contributed by atoms with E-state index in [0.717, 1.165) is 11.1 Å². The molecule has 0 atom stereocenters. The van der Waals surface area contributed by atoms with Crippen LogP contribution in [0.5, 0.6) is 11.5 Å². The quantitative estimate of drug-likeness (QED) is 0.159. The Bertz CT molecular complexity index is 960. The fourth-order valence-electron chi connectivity index (χ4n) is 2.99. The third kappa shape index (κ3) is 7.91. The number of hydrogen-bond acceptors (Lipinski definition) is 5. The van der Waals surface area contributed by atoms with Gasteiger partial charge in [-0.05, 0) is 57.3 Å². The molecule has 0 radical (unpaired) electrons. The highest BCUT2D eigenvalue weighted by molar-refractivity contribution is 5.55. The van der Waals surface area contributed by atoms with Gasteiger partial charge in [-0.15, -0.1) is 0 Å². The molecule has 0 aliphatic carbocycles. The molecule has 0 aliphatic rings. The topological polar surface area (TPSA) is 125 Å². The molecule has 0 aliphatic heterocycles. The first-order valence-corrected chi connectivity index (χ1v) is 10.8. The number of hydrogen-bond donors (Lipinski definition) is 0. The first-order chi connectivity index (χ1) is 15.6. The lowest BCUT2D eigenvalue weighted by atomic mass is 9.87. The van der Waals surface area contributed by atoms with E-state index in [0.29, 0.717) is 49.3 Å². The zero-order valence-electron chi connectivity index (χ0n) is 20.2. The molecular weight excluding hydrogens is 420 g/mol. The van der Waals surface area contributed by atoms with Crippen LogP contribution in [0, 0.1) is 0 Å². The number of nitrogens with zero attached hydrogens (tertiary/aromatic N) is 6. The summed E-state index contributed by atoms with van der Waals surface area (Å²) in [6.07, 6.45) is 0. The summed E-state index contributed by atoms with van der Waals surface area (Å²) in [5.74, 6) is 1.03. The normalized spacial score (nSPS) is 11.3. The Morgan fingerprint density at radius 3 is 1.39 bits per heavy atom. The SMILES string of the molecule is CC(C)(C)c1ccc(OCCOCCOc2ccc(C(C)(C)C)cc2N=[N+]=[N-])c(N=[N+]=[N-])c1. The molecule has 2 aromatic carbocycles. The molecule has 0 bridgehead atoms. The fraction of sp³-hybridized carbons (Fsp3) is 0.500. The van der Waals surface area contributed by atoms with Crippen LogP contribution in [0.25, 0.3) is 20.9 Å². The van der Waals surface area contributed by atoms with Crippen LogP contribution >= 0.6 is 0 Å². The lowest BCUT2D eigenvalue weighted by Crippen LogP contribution is -2.13. The third-order valence-corrected chi connectivity index (χ3v) is 4.93. The van der Waals surface area contributed by atoms with Crippen molar-refractivity contribution in [1.82, 2.24) is 0 Å². The molecule has 0 amide bonds. The highest BCUT2D eigenvalue weighted by Gasteiger charge is 2.16. The Labute approximate surface area is 194 Å². The first kappa shape index (κ1) is 25.9. The Hall–Kier alpha value is -3.38. The molecule has 0 aromatic heterocycles. The number of rotatable bonds is 10. The highest BCUT2D eigenvalue weighted by atomic mass is 16.5. The Kier molecular flexibility index (Phi) is 9.00. The summed E-state index contributed by atoms with van der Waals surface area (Å²) in [6.45, 7) is 13.8. The van der Waals surface area contributed by atoms with Gasteiger partial charge in [0, 0.05) is 9.82 Å². The zero-order chi connectivity index (χ0) is 24.5. The lowest BCUT2D eigenvalue weighted by molar-refractivity contribution is 0.0767. The van der Waals surface area contributed by atoms with E-state index in [9.17, 15) is 0 Å². The van der Waals surface area contributed by atoms with Gasteiger partial charge in [0.25, 0.3) is 0 Å². The van der Waals surface area contributed by atoms with Gasteiger partial charge < -0.3 is 14.2 Å².